The molecular weight excluding hydrogens is 284 g/mol. The van der Waals surface area contributed by atoms with E-state index in [9.17, 15) is 0 Å². The zero-order valence-corrected chi connectivity index (χ0v) is 14.0. The molecule has 0 saturated carbocycles. The number of H-pyrrole nitrogens is 1. The normalized spacial score (nSPS) is 12.9. The Morgan fingerprint density at radius 2 is 2.15 bits per heavy atom. The van der Waals surface area contributed by atoms with Crippen molar-refractivity contribution in [1.82, 2.24) is 4.98 Å². The molecule has 0 amide bonds. The lowest BCUT2D eigenvalue weighted by molar-refractivity contribution is 0.448. The molecule has 0 fully saturated rings. The van der Waals surface area contributed by atoms with Crippen LogP contribution in [0.3, 0.4) is 0 Å². The van der Waals surface area contributed by atoms with E-state index in [2.05, 4.69) is 31.0 Å². The Hall–Kier alpha value is -0.710. The minimum Gasteiger partial charge on any atom is -0.337 e. The third-order valence-electron chi connectivity index (χ3n) is 4.06. The van der Waals surface area contributed by atoms with Crippen molar-refractivity contribution in [3.8, 4) is 0 Å². The van der Waals surface area contributed by atoms with Gasteiger partial charge in [-0.2, -0.15) is 0 Å². The summed E-state index contributed by atoms with van der Waals surface area (Å²) in [6, 6.07) is 4.44. The van der Waals surface area contributed by atoms with E-state index in [1.54, 1.807) is 11.3 Å². The van der Waals surface area contributed by atoms with Crippen LogP contribution in [-0.4, -0.2) is 4.98 Å². The fraction of sp³-hybridized carbons (Fsp3) is 0.562. The monoisotopic (exact) mass is 308 g/mol. The summed E-state index contributed by atoms with van der Waals surface area (Å²) in [6.45, 7) is 5.13. The summed E-state index contributed by atoms with van der Waals surface area (Å²) >= 11 is 6.89. The minimum absolute atomic E-state index is 0.582. The molecule has 2 nitrogen and oxygen atoms in total. The smallest absolute Gasteiger partial charge is 0.159 e. The van der Waals surface area contributed by atoms with Crippen molar-refractivity contribution in [3.63, 3.8) is 0 Å². The van der Waals surface area contributed by atoms with Crippen LogP contribution in [0.1, 0.15) is 50.7 Å². The summed E-state index contributed by atoms with van der Waals surface area (Å²) in [5.74, 6) is 0.763. The lowest BCUT2D eigenvalue weighted by Gasteiger charge is -2.17. The zero-order valence-electron chi connectivity index (χ0n) is 12.4. The second-order valence-electron chi connectivity index (χ2n) is 5.42. The number of thiazole rings is 1. The van der Waals surface area contributed by atoms with Crippen molar-refractivity contribution >= 4 is 33.8 Å². The number of hydrogen-bond donors (Lipinski definition) is 2. The van der Waals surface area contributed by atoms with Gasteiger partial charge in [0.25, 0.3) is 0 Å². The van der Waals surface area contributed by atoms with Gasteiger partial charge in [-0.25, -0.2) is 0 Å². The summed E-state index contributed by atoms with van der Waals surface area (Å²) in [5, 5.41) is 0. The second-order valence-corrected chi connectivity index (χ2v) is 7.13. The molecule has 0 aliphatic rings. The molecule has 3 N–H and O–H groups in total. The number of aromatic amines is 1. The van der Waals surface area contributed by atoms with E-state index >= 15 is 0 Å². The Bertz CT molecular complexity index is 612. The summed E-state index contributed by atoms with van der Waals surface area (Å²) in [4.78, 5) is 3.31. The van der Waals surface area contributed by atoms with Crippen LogP contribution >= 0.6 is 23.6 Å². The maximum Gasteiger partial charge on any atom is 0.159 e. The highest BCUT2D eigenvalue weighted by molar-refractivity contribution is 7.73. The van der Waals surface area contributed by atoms with Gasteiger partial charge in [-0.05, 0) is 41.7 Å². The van der Waals surface area contributed by atoms with E-state index in [4.69, 9.17) is 18.0 Å². The van der Waals surface area contributed by atoms with Gasteiger partial charge in [0, 0.05) is 6.54 Å². The molecule has 1 aromatic heterocycles. The first-order valence-corrected chi connectivity index (χ1v) is 8.75. The highest BCUT2D eigenvalue weighted by Crippen LogP contribution is 2.28. The van der Waals surface area contributed by atoms with Gasteiger partial charge in [0.15, 0.2) is 3.95 Å². The van der Waals surface area contributed by atoms with Crippen LogP contribution in [0.2, 0.25) is 0 Å². The predicted octanol–water partition coefficient (Wildman–Crippen LogP) is 5.18. The number of unbranched alkanes of at least 4 members (excludes halogenated alkanes) is 1. The molecule has 0 spiro atoms. The molecule has 0 aliphatic heterocycles. The molecule has 1 atom stereocenters. The topological polar surface area (TPSA) is 41.8 Å². The number of rotatable bonds is 7. The average molecular weight is 309 g/mol. The molecule has 110 valence electrons. The number of nitrogens with two attached hydrogens (primary N) is 1. The van der Waals surface area contributed by atoms with Gasteiger partial charge in [0.05, 0.1) is 10.2 Å². The van der Waals surface area contributed by atoms with Gasteiger partial charge in [0.1, 0.15) is 0 Å². The largest absolute Gasteiger partial charge is 0.337 e. The number of fused-ring (bicyclic) bond motifs is 1. The minimum atomic E-state index is 0.582. The molecule has 2 aromatic rings. The first kappa shape index (κ1) is 15.7. The van der Waals surface area contributed by atoms with Crippen molar-refractivity contribution in [1.29, 1.82) is 0 Å². The fourth-order valence-electron chi connectivity index (χ4n) is 2.80. The Balaban J connectivity index is 2.30. The number of benzene rings is 1. The molecule has 1 unspecified atom stereocenters. The van der Waals surface area contributed by atoms with Crippen LogP contribution in [0.5, 0.6) is 0 Å². The highest BCUT2D eigenvalue weighted by Gasteiger charge is 2.13. The van der Waals surface area contributed by atoms with E-state index in [0.29, 0.717) is 6.54 Å². The lowest BCUT2D eigenvalue weighted by atomic mass is 9.89. The summed E-state index contributed by atoms with van der Waals surface area (Å²) in [6.07, 6.45) is 6.28. The molecule has 0 radical (unpaired) electrons. The van der Waals surface area contributed by atoms with Crippen LogP contribution < -0.4 is 5.73 Å². The SMILES string of the molecule is CCCCC(CC)Cc1ccc2sc(=S)[nH]c2c1CN. The molecule has 4 heteroatoms. The zero-order chi connectivity index (χ0) is 14.5. The molecule has 0 aliphatic carbocycles. The number of nitrogens with one attached hydrogen (secondary N) is 1. The molecule has 0 saturated heterocycles. The van der Waals surface area contributed by atoms with E-state index in [1.807, 2.05) is 0 Å². The number of hydrogen-bond acceptors (Lipinski definition) is 3. The summed E-state index contributed by atoms with van der Waals surface area (Å²) < 4.78 is 2.06. The predicted molar refractivity (Wildman–Crippen MR) is 91.9 cm³/mol. The maximum absolute atomic E-state index is 5.99. The van der Waals surface area contributed by atoms with Crippen molar-refractivity contribution in [2.45, 2.75) is 52.5 Å². The van der Waals surface area contributed by atoms with Gasteiger partial charge in [0.2, 0.25) is 0 Å². The van der Waals surface area contributed by atoms with E-state index in [0.717, 1.165) is 21.8 Å². The molecule has 1 aromatic carbocycles. The van der Waals surface area contributed by atoms with Gasteiger partial charge < -0.3 is 10.7 Å². The summed E-state index contributed by atoms with van der Waals surface area (Å²) in [7, 11) is 0. The lowest BCUT2D eigenvalue weighted by Crippen LogP contribution is -2.08. The molecular formula is C16H24N2S2. The second kappa shape index (κ2) is 7.34. The molecule has 0 bridgehead atoms. The quantitative estimate of drug-likeness (QED) is 0.692. The number of aromatic nitrogens is 1. The van der Waals surface area contributed by atoms with Crippen LogP contribution in [0.15, 0.2) is 12.1 Å². The maximum atomic E-state index is 5.99. The van der Waals surface area contributed by atoms with Crippen LogP contribution in [0.4, 0.5) is 0 Å². The van der Waals surface area contributed by atoms with Crippen molar-refractivity contribution < 1.29 is 0 Å². The van der Waals surface area contributed by atoms with Crippen molar-refractivity contribution in [2.24, 2.45) is 11.7 Å². The first-order valence-electron chi connectivity index (χ1n) is 7.53. The Labute approximate surface area is 130 Å². The van der Waals surface area contributed by atoms with E-state index in [1.165, 1.54) is 41.5 Å². The van der Waals surface area contributed by atoms with Crippen LogP contribution in [0, 0.1) is 9.87 Å². The van der Waals surface area contributed by atoms with Gasteiger partial charge in [-0.1, -0.05) is 45.6 Å². The first-order chi connectivity index (χ1) is 9.69. The standard InChI is InChI=1S/C16H24N2S2/c1-3-5-6-11(4-2)9-12-7-8-14-15(13(12)10-17)18-16(19)20-14/h7-8,11H,3-6,9-10,17H2,1-2H3,(H,18,19). The third kappa shape index (κ3) is 3.48. The van der Waals surface area contributed by atoms with Crippen LogP contribution in [0.25, 0.3) is 10.2 Å². The summed E-state index contributed by atoms with van der Waals surface area (Å²) in [5.41, 5.74) is 9.80. The fourth-order valence-corrected chi connectivity index (χ4v) is 3.93. The van der Waals surface area contributed by atoms with Gasteiger partial charge >= 0.3 is 0 Å². The third-order valence-corrected chi connectivity index (χ3v) is 5.26. The van der Waals surface area contributed by atoms with E-state index < -0.39 is 0 Å². The van der Waals surface area contributed by atoms with E-state index in [-0.39, 0.29) is 0 Å². The Morgan fingerprint density at radius 1 is 1.35 bits per heavy atom. The molecule has 1 heterocycles. The Morgan fingerprint density at radius 3 is 2.80 bits per heavy atom. The molecule has 2 rings (SSSR count). The van der Waals surface area contributed by atoms with Gasteiger partial charge in [-0.3, -0.25) is 0 Å². The Kier molecular flexibility index (Phi) is 5.75. The van der Waals surface area contributed by atoms with Crippen molar-refractivity contribution in [2.75, 3.05) is 0 Å². The molecule has 20 heavy (non-hydrogen) atoms. The average Bonchev–Trinajstić information content (AvgIpc) is 2.83. The highest BCUT2D eigenvalue weighted by atomic mass is 32.1. The van der Waals surface area contributed by atoms with Crippen LogP contribution in [-0.2, 0) is 13.0 Å². The van der Waals surface area contributed by atoms with Gasteiger partial charge in [-0.15, -0.1) is 11.3 Å². The van der Waals surface area contributed by atoms with Crippen molar-refractivity contribution in [3.05, 3.63) is 27.2 Å².